The van der Waals surface area contributed by atoms with Crippen LogP contribution in [0.1, 0.15) is 16.1 Å². The first kappa shape index (κ1) is 21.2. The molecule has 0 unspecified atom stereocenters. The lowest BCUT2D eigenvalue weighted by atomic mass is 10.1. The van der Waals surface area contributed by atoms with Crippen molar-refractivity contribution in [2.24, 2.45) is 0 Å². The van der Waals surface area contributed by atoms with Crippen molar-refractivity contribution in [3.8, 4) is 17.1 Å². The van der Waals surface area contributed by atoms with E-state index in [0.717, 1.165) is 16.8 Å². The summed E-state index contributed by atoms with van der Waals surface area (Å²) < 4.78 is 11.5. The van der Waals surface area contributed by atoms with Gasteiger partial charge < -0.3 is 9.15 Å². The average Bonchev–Trinajstić information content (AvgIpc) is 3.34. The number of thioether (sulfide) groups is 1. The van der Waals surface area contributed by atoms with Crippen LogP contribution in [0.25, 0.3) is 17.4 Å². The predicted molar refractivity (Wildman–Crippen MR) is 125 cm³/mol. The molecule has 1 aliphatic heterocycles. The van der Waals surface area contributed by atoms with Gasteiger partial charge in [0.1, 0.15) is 17.3 Å². The standard InChI is InChI=1S/C22H15ClN2O4S2/c1-28-17-9-7-14(23)11-16(17)18-10-8-15(29-18)12-19-21(27)25(22(30)31-19)24-20(26)13-5-3-2-4-6-13/h2-12H,1H3,(H,24,26)/b19-12-. The fraction of sp³-hybridized carbons (Fsp3) is 0.0455. The van der Waals surface area contributed by atoms with Crippen molar-refractivity contribution in [1.29, 1.82) is 0 Å². The van der Waals surface area contributed by atoms with Crippen molar-refractivity contribution in [2.75, 3.05) is 7.11 Å². The van der Waals surface area contributed by atoms with Crippen molar-refractivity contribution in [2.45, 2.75) is 0 Å². The fourth-order valence-corrected chi connectivity index (χ4v) is 4.23. The molecule has 4 rings (SSSR count). The molecule has 31 heavy (non-hydrogen) atoms. The Balaban J connectivity index is 1.54. The Morgan fingerprint density at radius 1 is 1.19 bits per heavy atom. The molecule has 1 aliphatic rings. The maximum absolute atomic E-state index is 12.8. The number of hydrogen-bond acceptors (Lipinski definition) is 6. The molecule has 6 nitrogen and oxygen atoms in total. The molecule has 0 saturated carbocycles. The number of ether oxygens (including phenoxy) is 1. The van der Waals surface area contributed by atoms with Gasteiger partial charge in [-0.1, -0.05) is 41.6 Å². The number of amides is 2. The van der Waals surface area contributed by atoms with Crippen LogP contribution in [0, 0.1) is 0 Å². The number of methoxy groups -OCH3 is 1. The zero-order valence-corrected chi connectivity index (χ0v) is 18.5. The van der Waals surface area contributed by atoms with Crippen molar-refractivity contribution >= 4 is 57.8 Å². The van der Waals surface area contributed by atoms with Crippen LogP contribution in [0.3, 0.4) is 0 Å². The summed E-state index contributed by atoms with van der Waals surface area (Å²) in [5.74, 6) is 0.745. The highest BCUT2D eigenvalue weighted by Gasteiger charge is 2.34. The third-order valence-corrected chi connectivity index (χ3v) is 5.91. The first-order valence-corrected chi connectivity index (χ1v) is 10.6. The van der Waals surface area contributed by atoms with Gasteiger partial charge in [-0.05, 0) is 54.7 Å². The minimum atomic E-state index is -0.433. The summed E-state index contributed by atoms with van der Waals surface area (Å²) in [5.41, 5.74) is 3.66. The Labute approximate surface area is 192 Å². The van der Waals surface area contributed by atoms with Gasteiger partial charge in [0.15, 0.2) is 4.32 Å². The van der Waals surface area contributed by atoms with E-state index < -0.39 is 11.8 Å². The summed E-state index contributed by atoms with van der Waals surface area (Å²) in [6, 6.07) is 17.3. The number of rotatable bonds is 5. The van der Waals surface area contributed by atoms with Crippen LogP contribution in [0.5, 0.6) is 5.75 Å². The molecule has 0 bridgehead atoms. The summed E-state index contributed by atoms with van der Waals surface area (Å²) in [7, 11) is 1.56. The van der Waals surface area contributed by atoms with E-state index in [0.29, 0.717) is 38.3 Å². The lowest BCUT2D eigenvalue weighted by Crippen LogP contribution is -2.44. The van der Waals surface area contributed by atoms with E-state index in [9.17, 15) is 9.59 Å². The van der Waals surface area contributed by atoms with E-state index in [1.54, 1.807) is 73.8 Å². The van der Waals surface area contributed by atoms with Gasteiger partial charge in [-0.25, -0.2) is 0 Å². The highest BCUT2D eigenvalue weighted by molar-refractivity contribution is 8.26. The number of hydrazine groups is 1. The Bertz CT molecular complexity index is 1210. The summed E-state index contributed by atoms with van der Waals surface area (Å²) in [6.07, 6.45) is 1.58. The zero-order chi connectivity index (χ0) is 22.0. The summed E-state index contributed by atoms with van der Waals surface area (Å²) in [5, 5.41) is 1.61. The number of carbonyl (C=O) groups excluding carboxylic acids is 2. The largest absolute Gasteiger partial charge is 0.496 e. The Morgan fingerprint density at radius 3 is 2.71 bits per heavy atom. The molecule has 156 valence electrons. The number of hydrogen-bond donors (Lipinski definition) is 1. The number of furan rings is 1. The molecular weight excluding hydrogens is 456 g/mol. The highest BCUT2D eigenvalue weighted by atomic mass is 35.5. The van der Waals surface area contributed by atoms with Gasteiger partial charge in [-0.2, -0.15) is 5.01 Å². The molecule has 1 saturated heterocycles. The SMILES string of the molecule is COc1ccc(Cl)cc1-c1ccc(/C=C2\SC(=S)N(NC(=O)c3ccccc3)C2=O)o1. The van der Waals surface area contributed by atoms with E-state index in [1.807, 2.05) is 0 Å². The maximum atomic E-state index is 12.8. The number of thiocarbonyl (C=S) groups is 1. The second kappa shape index (κ2) is 8.97. The Morgan fingerprint density at radius 2 is 1.97 bits per heavy atom. The van der Waals surface area contributed by atoms with Gasteiger partial charge in [0.05, 0.1) is 17.6 Å². The van der Waals surface area contributed by atoms with E-state index in [4.69, 9.17) is 33.0 Å². The minimum absolute atomic E-state index is 0.226. The first-order valence-electron chi connectivity index (χ1n) is 9.04. The number of nitrogens with one attached hydrogen (secondary N) is 1. The molecule has 0 atom stereocenters. The van der Waals surface area contributed by atoms with Crippen molar-refractivity contribution < 1.29 is 18.7 Å². The second-order valence-corrected chi connectivity index (χ2v) is 8.48. The number of carbonyl (C=O) groups is 2. The smallest absolute Gasteiger partial charge is 0.285 e. The van der Waals surface area contributed by atoms with E-state index in [2.05, 4.69) is 5.43 Å². The monoisotopic (exact) mass is 470 g/mol. The molecule has 2 amide bonds. The quantitative estimate of drug-likeness (QED) is 0.410. The normalized spacial score (nSPS) is 14.9. The molecule has 9 heteroatoms. The molecule has 1 N–H and O–H groups in total. The van der Waals surface area contributed by atoms with Crippen LogP contribution in [0.2, 0.25) is 5.02 Å². The number of nitrogens with zero attached hydrogens (tertiary/aromatic N) is 1. The van der Waals surface area contributed by atoms with Crippen LogP contribution < -0.4 is 10.2 Å². The molecule has 1 aromatic heterocycles. The Kier molecular flexibility index (Phi) is 6.13. The molecule has 0 aliphatic carbocycles. The topological polar surface area (TPSA) is 71.8 Å². The van der Waals surface area contributed by atoms with Crippen LogP contribution in [-0.4, -0.2) is 28.3 Å². The molecule has 0 radical (unpaired) electrons. The maximum Gasteiger partial charge on any atom is 0.285 e. The van der Waals surface area contributed by atoms with Gasteiger partial charge in [0.25, 0.3) is 11.8 Å². The van der Waals surface area contributed by atoms with Crippen molar-refractivity contribution in [1.82, 2.24) is 10.4 Å². The average molecular weight is 471 g/mol. The highest BCUT2D eigenvalue weighted by Crippen LogP contribution is 2.36. The molecule has 0 spiro atoms. The third-order valence-electron chi connectivity index (χ3n) is 4.37. The zero-order valence-electron chi connectivity index (χ0n) is 16.1. The molecule has 3 aromatic rings. The molecular formula is C22H15ClN2O4S2. The van der Waals surface area contributed by atoms with E-state index >= 15 is 0 Å². The van der Waals surface area contributed by atoms with Gasteiger partial charge in [0, 0.05) is 16.7 Å². The molecule has 2 aromatic carbocycles. The third kappa shape index (κ3) is 4.51. The summed E-state index contributed by atoms with van der Waals surface area (Å²) >= 11 is 12.4. The molecule has 1 fully saturated rings. The molecule has 2 heterocycles. The van der Waals surface area contributed by atoms with Crippen molar-refractivity contribution in [3.05, 3.63) is 81.9 Å². The van der Waals surface area contributed by atoms with Crippen LogP contribution in [-0.2, 0) is 4.79 Å². The fourth-order valence-electron chi connectivity index (χ4n) is 2.90. The Hall–Kier alpha value is -3.07. The number of halogens is 1. The van der Waals surface area contributed by atoms with Gasteiger partial charge in [-0.3, -0.25) is 15.0 Å². The van der Waals surface area contributed by atoms with Crippen LogP contribution in [0.4, 0.5) is 0 Å². The first-order chi connectivity index (χ1) is 15.0. The summed E-state index contributed by atoms with van der Waals surface area (Å²) in [4.78, 5) is 25.5. The lowest BCUT2D eigenvalue weighted by Gasteiger charge is -2.15. The van der Waals surface area contributed by atoms with Crippen molar-refractivity contribution in [3.63, 3.8) is 0 Å². The second-order valence-electron chi connectivity index (χ2n) is 6.37. The van der Waals surface area contributed by atoms with Gasteiger partial charge in [0.2, 0.25) is 0 Å². The van der Waals surface area contributed by atoms with Crippen LogP contribution in [0.15, 0.2) is 70.0 Å². The van der Waals surface area contributed by atoms with Gasteiger partial charge >= 0.3 is 0 Å². The van der Waals surface area contributed by atoms with Crippen LogP contribution >= 0.6 is 35.6 Å². The van der Waals surface area contributed by atoms with E-state index in [1.165, 1.54) is 0 Å². The lowest BCUT2D eigenvalue weighted by molar-refractivity contribution is -0.123. The number of benzene rings is 2. The van der Waals surface area contributed by atoms with Gasteiger partial charge in [-0.15, -0.1) is 0 Å². The summed E-state index contributed by atoms with van der Waals surface area (Å²) in [6.45, 7) is 0. The van der Waals surface area contributed by atoms with E-state index in [-0.39, 0.29) is 4.32 Å². The predicted octanol–water partition coefficient (Wildman–Crippen LogP) is 5.15. The minimum Gasteiger partial charge on any atom is -0.496 e.